The van der Waals surface area contributed by atoms with Gasteiger partial charge in [0.15, 0.2) is 0 Å². The van der Waals surface area contributed by atoms with Crippen molar-refractivity contribution in [3.8, 4) is 0 Å². The third-order valence-corrected chi connectivity index (χ3v) is 10.0. The zero-order valence-corrected chi connectivity index (χ0v) is 18.2. The molecule has 1 aromatic carbocycles. The van der Waals surface area contributed by atoms with Gasteiger partial charge in [-0.15, -0.1) is 0 Å². The fraction of sp³-hybridized carbons (Fsp3) is 0.389. The van der Waals surface area contributed by atoms with Crippen LogP contribution in [0.1, 0.15) is 42.4 Å². The number of hydroxylamine groups is 1. The number of aromatic nitrogens is 2. The van der Waals surface area contributed by atoms with E-state index in [0.29, 0.717) is 5.69 Å². The summed E-state index contributed by atoms with van der Waals surface area (Å²) in [6.45, 7) is 3.68. The van der Waals surface area contributed by atoms with Gasteiger partial charge in [-0.05, 0) is 0 Å². The number of carbonyl (C=O) groups is 2. The molecule has 1 atom stereocenters. The molecule has 1 N–H and O–H groups in total. The molecule has 0 aliphatic carbocycles. The molecule has 0 aliphatic rings. The topological polar surface area (TPSA) is 73.2 Å². The summed E-state index contributed by atoms with van der Waals surface area (Å²) in [7, 11) is 0. The predicted octanol–water partition coefficient (Wildman–Crippen LogP) is 2.64. The molecule has 0 unspecified atom stereocenters. The number of amides is 1. The molecule has 6 nitrogen and oxygen atoms in total. The van der Waals surface area contributed by atoms with E-state index in [-0.39, 0.29) is 18.4 Å². The van der Waals surface area contributed by atoms with Crippen LogP contribution in [0.2, 0.25) is 14.8 Å². The van der Waals surface area contributed by atoms with Crippen molar-refractivity contribution in [3.05, 3.63) is 48.0 Å². The van der Waals surface area contributed by atoms with Crippen LogP contribution >= 0.6 is 0 Å². The molecule has 1 heterocycles. The molecule has 0 aliphatic heterocycles. The molecule has 7 heteroatoms. The van der Waals surface area contributed by atoms with Crippen LogP contribution in [0.3, 0.4) is 0 Å². The first-order chi connectivity index (χ1) is 11.7. The monoisotopic (exact) mass is 451 g/mol. The molecule has 0 bridgehead atoms. The summed E-state index contributed by atoms with van der Waals surface area (Å²) in [6.07, 6.45) is 3.28. The number of hydrogen-bond acceptors (Lipinski definition) is 4. The molecule has 2 aromatic rings. The van der Waals surface area contributed by atoms with Crippen LogP contribution in [0.4, 0.5) is 0 Å². The molecule has 0 saturated heterocycles. The van der Waals surface area contributed by atoms with Gasteiger partial charge in [-0.1, -0.05) is 6.92 Å². The van der Waals surface area contributed by atoms with Crippen LogP contribution in [-0.4, -0.2) is 39.8 Å². The van der Waals surface area contributed by atoms with Crippen molar-refractivity contribution < 1.29 is 14.4 Å². The van der Waals surface area contributed by atoms with Crippen LogP contribution in [0.25, 0.3) is 0 Å². The number of rotatable bonds is 5. The van der Waals surface area contributed by atoms with Crippen LogP contribution < -0.4 is 9.06 Å². The molecule has 134 valence electrons. The maximum atomic E-state index is 12.2. The van der Waals surface area contributed by atoms with Crippen LogP contribution in [0, 0.1) is 0 Å². The molecular weight excluding hydrogens is 425 g/mol. The van der Waals surface area contributed by atoms with Gasteiger partial charge in [0.05, 0.1) is 0 Å². The van der Waals surface area contributed by atoms with Gasteiger partial charge in [-0.25, -0.2) is 0 Å². The normalized spacial score (nSPS) is 12.5. The maximum absolute atomic E-state index is 12.2. The van der Waals surface area contributed by atoms with Crippen molar-refractivity contribution in [2.24, 2.45) is 0 Å². The van der Waals surface area contributed by atoms with Crippen molar-refractivity contribution in [3.63, 3.8) is 0 Å². The van der Waals surface area contributed by atoms with Crippen molar-refractivity contribution in [1.29, 1.82) is 0 Å². The van der Waals surface area contributed by atoms with Gasteiger partial charge in [-0.3, -0.25) is 0 Å². The number of hydrogen-bond donors (Lipinski definition) is 1. The van der Waals surface area contributed by atoms with Gasteiger partial charge < -0.3 is 0 Å². The van der Waals surface area contributed by atoms with Gasteiger partial charge in [0.25, 0.3) is 0 Å². The van der Waals surface area contributed by atoms with Gasteiger partial charge in [0.1, 0.15) is 0 Å². The first-order valence-corrected chi connectivity index (χ1v) is 18.3. The van der Waals surface area contributed by atoms with E-state index in [0.717, 1.165) is 5.56 Å². The zero-order chi connectivity index (χ0) is 18.6. The van der Waals surface area contributed by atoms with Crippen molar-refractivity contribution in [2.75, 3.05) is 0 Å². The first kappa shape index (κ1) is 19.5. The molecule has 1 aromatic heterocycles. The summed E-state index contributed by atoms with van der Waals surface area (Å²) in [5.74, 6) is -0.981. The number of nitrogens with zero attached hydrogens (tertiary/aromatic N) is 2. The van der Waals surface area contributed by atoms with E-state index in [9.17, 15) is 9.59 Å². The molecular formula is C18H25N3O3Sn. The van der Waals surface area contributed by atoms with Crippen LogP contribution in [0.5, 0.6) is 0 Å². The van der Waals surface area contributed by atoms with Crippen LogP contribution in [0.15, 0.2) is 36.8 Å². The molecule has 25 heavy (non-hydrogen) atoms. The molecule has 0 saturated carbocycles. The first-order valence-electron chi connectivity index (χ1n) is 8.36. The Morgan fingerprint density at radius 3 is 2.44 bits per heavy atom. The third kappa shape index (κ3) is 4.84. The fourth-order valence-electron chi connectivity index (χ4n) is 2.42. The second-order valence-electron chi connectivity index (χ2n) is 7.00. The Bertz CT molecular complexity index is 748. The van der Waals surface area contributed by atoms with E-state index < -0.39 is 24.3 Å². The van der Waals surface area contributed by atoms with Gasteiger partial charge in [0.2, 0.25) is 0 Å². The summed E-state index contributed by atoms with van der Waals surface area (Å²) in [6, 6.07) is 8.53. The summed E-state index contributed by atoms with van der Waals surface area (Å²) in [5.41, 5.74) is 3.51. The van der Waals surface area contributed by atoms with Gasteiger partial charge in [-0.2, -0.15) is 0 Å². The molecule has 0 fully saturated rings. The summed E-state index contributed by atoms with van der Waals surface area (Å²) in [5, 5.41) is 0. The van der Waals surface area contributed by atoms with Crippen molar-refractivity contribution in [1.82, 2.24) is 15.0 Å². The minimum atomic E-state index is -2.08. The second-order valence-corrected chi connectivity index (χ2v) is 21.5. The van der Waals surface area contributed by atoms with E-state index in [1.54, 1.807) is 17.8 Å². The number of carbonyl (C=O) groups excluding carboxylic acids is 2. The molecule has 2 rings (SSSR count). The van der Waals surface area contributed by atoms with E-state index in [1.165, 1.54) is 9.78 Å². The summed E-state index contributed by atoms with van der Waals surface area (Å²) >= 11 is -2.08. The second kappa shape index (κ2) is 8.03. The Hall–Kier alpha value is -1.83. The Labute approximate surface area is 152 Å². The van der Waals surface area contributed by atoms with E-state index in [1.807, 2.05) is 6.92 Å². The Morgan fingerprint density at radius 2 is 1.88 bits per heavy atom. The van der Waals surface area contributed by atoms with E-state index in [2.05, 4.69) is 49.5 Å². The Kier molecular flexibility index (Phi) is 6.26. The average molecular weight is 450 g/mol. The Morgan fingerprint density at radius 1 is 1.24 bits per heavy atom. The third-order valence-electron chi connectivity index (χ3n) is 4.13. The molecule has 1 amide bonds. The standard InChI is InChI=1S/C15H16N3O3.3CH3.Sn/c1-3-14(19)17-21-15(20)13-9-16-10-18(13)11(2)12-7-5-4-6-8-12;;;;/h5-11H,3H2,1-2H3,(H,17,19);3*1H3;/t11-;;;;/m1..../s1. The number of imidazole rings is 1. The number of nitrogens with one attached hydrogen (secondary N) is 1. The quantitative estimate of drug-likeness (QED) is 0.562. The van der Waals surface area contributed by atoms with Crippen LogP contribution in [-0.2, 0) is 9.63 Å². The summed E-state index contributed by atoms with van der Waals surface area (Å²) in [4.78, 5) is 39.4. The predicted molar refractivity (Wildman–Crippen MR) is 99.3 cm³/mol. The Balaban J connectivity index is 2.18. The average Bonchev–Trinajstić information content (AvgIpc) is 3.07. The van der Waals surface area contributed by atoms with Crippen molar-refractivity contribution in [2.45, 2.75) is 41.1 Å². The van der Waals surface area contributed by atoms with Gasteiger partial charge >= 0.3 is 146 Å². The van der Waals surface area contributed by atoms with E-state index in [4.69, 9.17) is 4.84 Å². The van der Waals surface area contributed by atoms with Crippen molar-refractivity contribution >= 4 is 33.8 Å². The zero-order valence-electron chi connectivity index (χ0n) is 15.4. The summed E-state index contributed by atoms with van der Waals surface area (Å²) < 4.78 is 3.20. The van der Waals surface area contributed by atoms with E-state index >= 15 is 0 Å². The molecule has 0 spiro atoms. The number of benzene rings is 1. The fourth-order valence-corrected chi connectivity index (χ4v) is 5.75. The van der Waals surface area contributed by atoms with Gasteiger partial charge in [0, 0.05) is 0 Å². The SMILES string of the molecule is CCC(=O)NOC(=O)c1cncn1[C@H](C)c1cc[c]([Sn]([CH3])([CH3])[CH3])cc1. The minimum absolute atomic E-state index is 0.0730. The molecule has 0 radical (unpaired) electrons.